The first-order valence-electron chi connectivity index (χ1n) is 13.7. The lowest BCUT2D eigenvalue weighted by Gasteiger charge is -2.36. The second-order valence-corrected chi connectivity index (χ2v) is 11.3. The Hall–Kier alpha value is -3.44. The van der Waals surface area contributed by atoms with Crippen LogP contribution >= 0.6 is 0 Å². The van der Waals surface area contributed by atoms with E-state index in [4.69, 9.17) is 4.98 Å². The number of aromatic nitrogens is 5. The summed E-state index contributed by atoms with van der Waals surface area (Å²) in [6.07, 6.45) is 1.22. The van der Waals surface area contributed by atoms with Gasteiger partial charge in [0.15, 0.2) is 5.82 Å². The first-order valence-corrected chi connectivity index (χ1v) is 13.7. The molecule has 0 bridgehead atoms. The highest BCUT2D eigenvalue weighted by Crippen LogP contribution is 2.45. The predicted octanol–water partition coefficient (Wildman–Crippen LogP) is 4.26. The molecule has 1 aromatic carbocycles. The Kier molecular flexibility index (Phi) is 6.58. The van der Waals surface area contributed by atoms with Crippen LogP contribution in [-0.2, 0) is 28.9 Å². The molecule has 1 saturated carbocycles. The van der Waals surface area contributed by atoms with Gasteiger partial charge in [-0.25, -0.2) is 4.98 Å². The lowest BCUT2D eigenvalue weighted by molar-refractivity contribution is -0.148. The highest BCUT2D eigenvalue weighted by atomic mass is 19.4. The van der Waals surface area contributed by atoms with Crippen LogP contribution in [0.4, 0.5) is 13.2 Å². The Bertz CT molecular complexity index is 1330. The zero-order valence-electron chi connectivity index (χ0n) is 21.7. The van der Waals surface area contributed by atoms with E-state index < -0.39 is 17.4 Å². The lowest BCUT2D eigenvalue weighted by atomic mass is 9.78. The standard InChI is InChI=1S/C27H32F3N7O2/c28-27(29,30)25-34-33-21-17-36(13-14-37(21)25)23(39)16-26(9-3-4-10-26)15-22(38)35-11-7-18(8-12-35)24-31-19-5-1-2-6-20(19)32-24/h1-2,5-6,18H,3-4,7-17H2,(H,31,32). The summed E-state index contributed by atoms with van der Waals surface area (Å²) in [5.41, 5.74) is 1.58. The SMILES string of the molecule is O=C(CC1(CC(=O)N2CCn3c(nnc3C(F)(F)F)C2)CCCC1)N1CCC(c2nc3ccccc3[nH]2)CC1. The lowest BCUT2D eigenvalue weighted by Crippen LogP contribution is -2.43. The summed E-state index contributed by atoms with van der Waals surface area (Å²) in [6.45, 7) is 1.50. The van der Waals surface area contributed by atoms with Crippen LogP contribution in [-0.4, -0.2) is 66.0 Å². The molecular weight excluding hydrogens is 511 g/mol. The largest absolute Gasteiger partial charge is 0.451 e. The topological polar surface area (TPSA) is 100 Å². The highest BCUT2D eigenvalue weighted by Gasteiger charge is 2.43. The van der Waals surface area contributed by atoms with E-state index >= 15 is 0 Å². The quantitative estimate of drug-likeness (QED) is 0.518. The van der Waals surface area contributed by atoms with Gasteiger partial charge in [-0.15, -0.1) is 10.2 Å². The number of halogens is 3. The van der Waals surface area contributed by atoms with E-state index in [1.54, 1.807) is 4.90 Å². The third kappa shape index (κ3) is 5.12. The third-order valence-electron chi connectivity index (χ3n) is 8.72. The number of likely N-dealkylation sites (tertiary alicyclic amines) is 1. The number of H-pyrrole nitrogens is 1. The van der Waals surface area contributed by atoms with Crippen LogP contribution in [0.2, 0.25) is 0 Å². The fraction of sp³-hybridized carbons (Fsp3) is 0.593. The van der Waals surface area contributed by atoms with E-state index in [1.807, 2.05) is 29.2 Å². The van der Waals surface area contributed by atoms with Crippen molar-refractivity contribution in [2.24, 2.45) is 5.41 Å². The summed E-state index contributed by atoms with van der Waals surface area (Å²) in [5, 5.41) is 6.99. The molecule has 2 aromatic heterocycles. The van der Waals surface area contributed by atoms with Gasteiger partial charge >= 0.3 is 6.18 Å². The van der Waals surface area contributed by atoms with Crippen LogP contribution in [0, 0.1) is 5.41 Å². The molecule has 0 spiro atoms. The first kappa shape index (κ1) is 25.8. The average Bonchev–Trinajstić information content (AvgIpc) is 3.66. The second kappa shape index (κ2) is 9.95. The summed E-state index contributed by atoms with van der Waals surface area (Å²) in [4.78, 5) is 38.4. The Balaban J connectivity index is 1.06. The number of benzene rings is 1. The molecule has 2 fully saturated rings. The molecule has 208 valence electrons. The molecule has 3 aliphatic rings. The minimum Gasteiger partial charge on any atom is -0.343 e. The minimum atomic E-state index is -4.58. The normalized spacial score (nSPS) is 20.0. The van der Waals surface area contributed by atoms with Gasteiger partial charge in [-0.2, -0.15) is 13.2 Å². The van der Waals surface area contributed by atoms with E-state index in [-0.39, 0.29) is 49.6 Å². The van der Waals surface area contributed by atoms with Crippen molar-refractivity contribution in [1.82, 2.24) is 34.5 Å². The van der Waals surface area contributed by atoms with Crippen LogP contribution in [0.15, 0.2) is 24.3 Å². The van der Waals surface area contributed by atoms with Crippen molar-refractivity contribution in [3.05, 3.63) is 41.7 Å². The number of amides is 2. The number of hydrogen-bond acceptors (Lipinski definition) is 5. The summed E-state index contributed by atoms with van der Waals surface area (Å²) in [6, 6.07) is 7.96. The van der Waals surface area contributed by atoms with E-state index in [1.165, 1.54) is 0 Å². The van der Waals surface area contributed by atoms with Crippen molar-refractivity contribution in [2.45, 2.75) is 76.6 Å². The Morgan fingerprint density at radius 2 is 1.64 bits per heavy atom. The van der Waals surface area contributed by atoms with E-state index in [2.05, 4.69) is 15.2 Å². The second-order valence-electron chi connectivity index (χ2n) is 11.3. The van der Waals surface area contributed by atoms with Crippen molar-refractivity contribution < 1.29 is 22.8 Å². The number of carbonyl (C=O) groups excluding carboxylic acids is 2. The maximum absolute atomic E-state index is 13.4. The molecule has 9 nitrogen and oxygen atoms in total. The zero-order chi connectivity index (χ0) is 27.2. The summed E-state index contributed by atoms with van der Waals surface area (Å²) >= 11 is 0. The van der Waals surface area contributed by atoms with Gasteiger partial charge in [-0.1, -0.05) is 25.0 Å². The fourth-order valence-corrected chi connectivity index (χ4v) is 6.55. The van der Waals surface area contributed by atoms with Crippen molar-refractivity contribution in [1.29, 1.82) is 0 Å². The number of alkyl halides is 3. The number of rotatable bonds is 5. The number of fused-ring (bicyclic) bond motifs is 2. The summed E-state index contributed by atoms with van der Waals surface area (Å²) in [7, 11) is 0. The van der Waals surface area contributed by atoms with Gasteiger partial charge in [0.1, 0.15) is 5.82 Å². The number of imidazole rings is 1. The van der Waals surface area contributed by atoms with E-state index in [9.17, 15) is 22.8 Å². The van der Waals surface area contributed by atoms with Crippen LogP contribution in [0.3, 0.4) is 0 Å². The molecule has 12 heteroatoms. The van der Waals surface area contributed by atoms with Crippen molar-refractivity contribution in [2.75, 3.05) is 19.6 Å². The van der Waals surface area contributed by atoms with Crippen LogP contribution in [0.25, 0.3) is 11.0 Å². The number of piperidine rings is 1. The van der Waals surface area contributed by atoms with Crippen molar-refractivity contribution >= 4 is 22.8 Å². The van der Waals surface area contributed by atoms with Gasteiger partial charge in [-0.05, 0) is 43.2 Å². The molecule has 39 heavy (non-hydrogen) atoms. The van der Waals surface area contributed by atoms with Gasteiger partial charge in [-0.3, -0.25) is 9.59 Å². The Morgan fingerprint density at radius 3 is 2.33 bits per heavy atom. The molecule has 2 aliphatic heterocycles. The number of carbonyl (C=O) groups is 2. The minimum absolute atomic E-state index is 0.00123. The van der Waals surface area contributed by atoms with Gasteiger partial charge in [0.25, 0.3) is 0 Å². The monoisotopic (exact) mass is 543 g/mol. The smallest absolute Gasteiger partial charge is 0.343 e. The average molecular weight is 544 g/mol. The van der Waals surface area contributed by atoms with Crippen molar-refractivity contribution in [3.8, 4) is 0 Å². The highest BCUT2D eigenvalue weighted by molar-refractivity contribution is 5.81. The van der Waals surface area contributed by atoms with Crippen molar-refractivity contribution in [3.63, 3.8) is 0 Å². The molecule has 2 amide bonds. The number of para-hydroxylation sites is 2. The molecule has 1 saturated heterocycles. The maximum Gasteiger partial charge on any atom is 0.451 e. The summed E-state index contributed by atoms with van der Waals surface area (Å²) in [5.74, 6) is 0.331. The number of nitrogens with zero attached hydrogens (tertiary/aromatic N) is 6. The molecule has 1 N–H and O–H groups in total. The zero-order valence-corrected chi connectivity index (χ0v) is 21.7. The van der Waals surface area contributed by atoms with Gasteiger partial charge in [0.05, 0.1) is 17.6 Å². The fourth-order valence-electron chi connectivity index (χ4n) is 6.55. The van der Waals surface area contributed by atoms with Gasteiger partial charge in [0, 0.05) is 44.9 Å². The third-order valence-corrected chi connectivity index (χ3v) is 8.72. The van der Waals surface area contributed by atoms with Crippen LogP contribution < -0.4 is 0 Å². The molecule has 0 unspecified atom stereocenters. The van der Waals surface area contributed by atoms with Gasteiger partial charge in [0.2, 0.25) is 17.6 Å². The molecular formula is C27H32F3N7O2. The molecule has 0 radical (unpaired) electrons. The first-order chi connectivity index (χ1) is 18.7. The molecule has 4 heterocycles. The Labute approximate surface area is 223 Å². The molecule has 3 aromatic rings. The molecule has 0 atom stereocenters. The number of aromatic amines is 1. The number of hydrogen-bond donors (Lipinski definition) is 1. The number of nitrogens with one attached hydrogen (secondary N) is 1. The predicted molar refractivity (Wildman–Crippen MR) is 135 cm³/mol. The molecule has 6 rings (SSSR count). The molecule has 1 aliphatic carbocycles. The van der Waals surface area contributed by atoms with E-state index in [0.29, 0.717) is 19.5 Å². The van der Waals surface area contributed by atoms with Crippen LogP contribution in [0.1, 0.15) is 74.8 Å². The maximum atomic E-state index is 13.4. The Morgan fingerprint density at radius 1 is 0.949 bits per heavy atom. The summed E-state index contributed by atoms with van der Waals surface area (Å²) < 4.78 is 40.6. The van der Waals surface area contributed by atoms with Crippen LogP contribution in [0.5, 0.6) is 0 Å². The van der Waals surface area contributed by atoms with E-state index in [0.717, 1.165) is 59.9 Å². The van der Waals surface area contributed by atoms with Gasteiger partial charge < -0.3 is 19.4 Å².